The zero-order valence-corrected chi connectivity index (χ0v) is 16.0. The second kappa shape index (κ2) is 8.85. The molecule has 2 aliphatic rings. The number of urea groups is 1. The highest BCUT2D eigenvalue weighted by Crippen LogP contribution is 2.49. The maximum Gasteiger partial charge on any atom is 0.490 e. The van der Waals surface area contributed by atoms with E-state index in [2.05, 4.69) is 10.2 Å². The van der Waals surface area contributed by atoms with Gasteiger partial charge in [-0.3, -0.25) is 4.90 Å². The number of hydrogen-bond donors (Lipinski definition) is 2. The largest absolute Gasteiger partial charge is 0.490 e. The molecule has 28 heavy (non-hydrogen) atoms. The minimum Gasteiger partial charge on any atom is -0.475 e. The van der Waals surface area contributed by atoms with Crippen LogP contribution in [0.1, 0.15) is 31.4 Å². The molecule has 1 aromatic heterocycles. The molecule has 0 bridgehead atoms. The number of alkyl halides is 3. The lowest BCUT2D eigenvalue weighted by Gasteiger charge is -2.52. The number of carbonyl (C=O) groups excluding carboxylic acids is 1. The van der Waals surface area contributed by atoms with Gasteiger partial charge in [-0.25, -0.2) is 9.59 Å². The van der Waals surface area contributed by atoms with Crippen molar-refractivity contribution in [3.63, 3.8) is 0 Å². The maximum atomic E-state index is 11.6. The molecule has 1 saturated heterocycles. The second-order valence-corrected chi connectivity index (χ2v) is 7.61. The summed E-state index contributed by atoms with van der Waals surface area (Å²) in [6.45, 7) is 3.19. The van der Waals surface area contributed by atoms with E-state index in [1.165, 1.54) is 12.8 Å². The van der Waals surface area contributed by atoms with Crippen molar-refractivity contribution < 1.29 is 32.3 Å². The first kappa shape index (κ1) is 22.1. The van der Waals surface area contributed by atoms with Crippen molar-refractivity contribution in [1.82, 2.24) is 15.1 Å². The molecule has 1 aromatic rings. The second-order valence-electron chi connectivity index (χ2n) is 7.61. The predicted molar refractivity (Wildman–Crippen MR) is 94.6 cm³/mol. The first-order valence-corrected chi connectivity index (χ1v) is 9.03. The summed E-state index contributed by atoms with van der Waals surface area (Å²) < 4.78 is 37.2. The van der Waals surface area contributed by atoms with Gasteiger partial charge in [-0.05, 0) is 56.3 Å². The molecule has 1 saturated carbocycles. The number of likely N-dealkylation sites (tertiary alicyclic amines) is 1. The van der Waals surface area contributed by atoms with Crippen LogP contribution < -0.4 is 5.32 Å². The van der Waals surface area contributed by atoms with Gasteiger partial charge in [0.1, 0.15) is 5.76 Å². The molecule has 0 radical (unpaired) electrons. The lowest BCUT2D eigenvalue weighted by Crippen LogP contribution is -2.56. The molecule has 2 N–H and O–H groups in total. The van der Waals surface area contributed by atoms with Crippen LogP contribution in [-0.4, -0.2) is 66.3 Å². The van der Waals surface area contributed by atoms with Crippen molar-refractivity contribution in [2.24, 2.45) is 5.41 Å². The molecule has 2 heterocycles. The molecule has 2 fully saturated rings. The molecule has 3 rings (SSSR count). The van der Waals surface area contributed by atoms with E-state index in [1.54, 1.807) is 25.3 Å². The summed E-state index contributed by atoms with van der Waals surface area (Å²) in [5, 5.41) is 10.2. The Morgan fingerprint density at radius 2 is 1.89 bits per heavy atom. The van der Waals surface area contributed by atoms with Gasteiger partial charge in [-0.1, -0.05) is 0 Å². The number of carboxylic acids is 1. The Morgan fingerprint density at radius 1 is 1.32 bits per heavy atom. The minimum atomic E-state index is -5.08. The number of piperidine rings is 1. The molecule has 0 aromatic carbocycles. The van der Waals surface area contributed by atoms with Crippen molar-refractivity contribution in [3.8, 4) is 0 Å². The molecule has 1 spiro atoms. The van der Waals surface area contributed by atoms with Crippen molar-refractivity contribution in [2.45, 2.75) is 44.4 Å². The third kappa shape index (κ3) is 6.15. The van der Waals surface area contributed by atoms with Crippen molar-refractivity contribution >= 4 is 12.0 Å². The first-order valence-electron chi connectivity index (χ1n) is 9.03. The number of halogens is 3. The minimum absolute atomic E-state index is 0.0325. The standard InChI is InChI=1S/C16H25N3O2.C2HF3O2/c1-18(2)15(20)17-13-10-16(11-13)5-7-19(8-6-16)12-14-4-3-9-21-14;3-2(4,5)1(6)7/h3-4,9,13H,5-8,10-12H2,1-2H3,(H,17,20);(H,6,7). The van der Waals surface area contributed by atoms with Crippen LogP contribution in [0.2, 0.25) is 0 Å². The highest BCUT2D eigenvalue weighted by molar-refractivity contribution is 5.74. The number of furan rings is 1. The van der Waals surface area contributed by atoms with E-state index in [4.69, 9.17) is 14.3 Å². The highest BCUT2D eigenvalue weighted by atomic mass is 19.4. The summed E-state index contributed by atoms with van der Waals surface area (Å²) in [7, 11) is 3.58. The lowest BCUT2D eigenvalue weighted by atomic mass is 9.60. The Balaban J connectivity index is 0.000000345. The first-order chi connectivity index (χ1) is 13.0. The van der Waals surface area contributed by atoms with Crippen LogP contribution in [0.4, 0.5) is 18.0 Å². The van der Waals surface area contributed by atoms with Crippen LogP contribution in [0.5, 0.6) is 0 Å². The number of rotatable bonds is 3. The summed E-state index contributed by atoms with van der Waals surface area (Å²) >= 11 is 0. The normalized spacial score (nSPS) is 19.3. The quantitative estimate of drug-likeness (QED) is 0.808. The van der Waals surface area contributed by atoms with Gasteiger partial charge in [-0.15, -0.1) is 0 Å². The number of carbonyl (C=O) groups is 2. The van der Waals surface area contributed by atoms with Gasteiger partial charge in [0.2, 0.25) is 0 Å². The van der Waals surface area contributed by atoms with Gasteiger partial charge in [0.05, 0.1) is 12.8 Å². The van der Waals surface area contributed by atoms with Crippen LogP contribution in [0, 0.1) is 5.41 Å². The van der Waals surface area contributed by atoms with E-state index in [0.717, 1.165) is 38.2 Å². The van der Waals surface area contributed by atoms with E-state index >= 15 is 0 Å². The topological polar surface area (TPSA) is 86.0 Å². The lowest BCUT2D eigenvalue weighted by molar-refractivity contribution is -0.192. The van der Waals surface area contributed by atoms with E-state index in [-0.39, 0.29) is 6.03 Å². The Kier molecular flexibility index (Phi) is 6.97. The van der Waals surface area contributed by atoms with Gasteiger partial charge < -0.3 is 19.7 Å². The molecule has 158 valence electrons. The van der Waals surface area contributed by atoms with E-state index in [0.29, 0.717) is 11.5 Å². The van der Waals surface area contributed by atoms with Crippen molar-refractivity contribution in [2.75, 3.05) is 27.2 Å². The summed E-state index contributed by atoms with van der Waals surface area (Å²) in [4.78, 5) is 24.6. The third-order valence-electron chi connectivity index (χ3n) is 5.21. The molecule has 2 amide bonds. The van der Waals surface area contributed by atoms with Crippen LogP contribution in [0.15, 0.2) is 22.8 Å². The summed E-state index contributed by atoms with van der Waals surface area (Å²) in [6, 6.07) is 4.40. The Hall–Kier alpha value is -2.23. The summed E-state index contributed by atoms with van der Waals surface area (Å²) in [5.74, 6) is -1.71. The Labute approximate surface area is 161 Å². The molecular weight excluding hydrogens is 379 g/mol. The molecule has 10 heteroatoms. The monoisotopic (exact) mass is 405 g/mol. The fourth-order valence-corrected chi connectivity index (χ4v) is 3.61. The van der Waals surface area contributed by atoms with Gasteiger partial charge >= 0.3 is 18.2 Å². The summed E-state index contributed by atoms with van der Waals surface area (Å²) in [5.41, 5.74) is 0.476. The molecule has 7 nitrogen and oxygen atoms in total. The van der Waals surface area contributed by atoms with Crippen LogP contribution >= 0.6 is 0 Å². The third-order valence-corrected chi connectivity index (χ3v) is 5.21. The SMILES string of the molecule is CN(C)C(=O)NC1CC2(CCN(Cc3ccco3)CC2)C1.O=C(O)C(F)(F)F. The van der Waals surface area contributed by atoms with E-state index < -0.39 is 12.1 Å². The number of nitrogens with one attached hydrogen (secondary N) is 1. The average molecular weight is 405 g/mol. The Bertz CT molecular complexity index is 646. The zero-order valence-electron chi connectivity index (χ0n) is 16.0. The van der Waals surface area contributed by atoms with Gasteiger partial charge in [-0.2, -0.15) is 13.2 Å². The highest BCUT2D eigenvalue weighted by Gasteiger charge is 2.46. The molecular formula is C18H26F3N3O4. The fraction of sp³-hybridized carbons (Fsp3) is 0.667. The number of aliphatic carboxylic acids is 1. The fourth-order valence-electron chi connectivity index (χ4n) is 3.61. The van der Waals surface area contributed by atoms with Gasteiger partial charge in [0.15, 0.2) is 0 Å². The van der Waals surface area contributed by atoms with Gasteiger partial charge in [0, 0.05) is 20.1 Å². The maximum absolute atomic E-state index is 11.6. The number of hydrogen-bond acceptors (Lipinski definition) is 4. The van der Waals surface area contributed by atoms with E-state index in [1.807, 2.05) is 12.1 Å². The number of carboxylic acid groups (broad SMARTS) is 1. The smallest absolute Gasteiger partial charge is 0.475 e. The number of nitrogens with zero attached hydrogens (tertiary/aromatic N) is 2. The van der Waals surface area contributed by atoms with Crippen molar-refractivity contribution in [1.29, 1.82) is 0 Å². The molecule has 0 atom stereocenters. The van der Waals surface area contributed by atoms with E-state index in [9.17, 15) is 18.0 Å². The molecule has 0 unspecified atom stereocenters. The number of amides is 2. The predicted octanol–water partition coefficient (Wildman–Crippen LogP) is 2.93. The summed E-state index contributed by atoms with van der Waals surface area (Å²) in [6.07, 6.45) is 1.41. The van der Waals surface area contributed by atoms with Crippen LogP contribution in [-0.2, 0) is 11.3 Å². The van der Waals surface area contributed by atoms with Crippen LogP contribution in [0.25, 0.3) is 0 Å². The van der Waals surface area contributed by atoms with Gasteiger partial charge in [0.25, 0.3) is 0 Å². The Morgan fingerprint density at radius 3 is 2.32 bits per heavy atom. The zero-order chi connectivity index (χ0) is 20.9. The van der Waals surface area contributed by atoms with Crippen molar-refractivity contribution in [3.05, 3.63) is 24.2 Å². The van der Waals surface area contributed by atoms with Crippen LogP contribution in [0.3, 0.4) is 0 Å². The average Bonchev–Trinajstić information content (AvgIpc) is 3.07. The molecule has 1 aliphatic heterocycles. The molecule has 1 aliphatic carbocycles.